The maximum Gasteiger partial charge on any atom is 0.420 e. The first-order valence-electron chi connectivity index (χ1n) is 3.47. The van der Waals surface area contributed by atoms with Crippen molar-refractivity contribution in [2.24, 2.45) is 0 Å². The molecule has 0 amide bonds. The molecule has 0 aliphatic heterocycles. The summed E-state index contributed by atoms with van der Waals surface area (Å²) < 4.78 is 36.7. The van der Waals surface area contributed by atoms with Gasteiger partial charge in [-0.05, 0) is 0 Å². The van der Waals surface area contributed by atoms with Crippen LogP contribution in [0.25, 0.3) is 0 Å². The van der Waals surface area contributed by atoms with E-state index in [-0.39, 0.29) is 6.07 Å². The number of nitrogens with zero attached hydrogens (tertiary/aromatic N) is 1. The van der Waals surface area contributed by atoms with Crippen molar-refractivity contribution < 1.29 is 23.2 Å². The van der Waals surface area contributed by atoms with E-state index >= 15 is 0 Å². The molecule has 8 heteroatoms. The minimum atomic E-state index is -4.89. The lowest BCUT2D eigenvalue weighted by Crippen LogP contribution is -2.06. The van der Waals surface area contributed by atoms with Gasteiger partial charge in [0.25, 0.3) is 5.69 Å². The van der Waals surface area contributed by atoms with E-state index in [2.05, 4.69) is 0 Å². The molecule has 15 heavy (non-hydrogen) atoms. The van der Waals surface area contributed by atoms with Gasteiger partial charge in [-0.25, -0.2) is 0 Å². The standard InChI is InChI=1S/C7H3ClF3NO3/c8-5-2-3(12(14)15)1-4(6(5)13)7(9,10)11/h1-2,13H. The Hall–Kier alpha value is -1.50. The van der Waals surface area contributed by atoms with E-state index in [1.54, 1.807) is 0 Å². The molecule has 4 nitrogen and oxygen atoms in total. The molecule has 0 saturated heterocycles. The Morgan fingerprint density at radius 3 is 2.33 bits per heavy atom. The number of hydrogen-bond acceptors (Lipinski definition) is 3. The number of non-ortho nitro benzene ring substituents is 1. The van der Waals surface area contributed by atoms with Crippen molar-refractivity contribution in [2.75, 3.05) is 0 Å². The van der Waals surface area contributed by atoms with E-state index in [1.807, 2.05) is 0 Å². The number of phenols is 1. The molecule has 1 aromatic carbocycles. The lowest BCUT2D eigenvalue weighted by molar-refractivity contribution is -0.385. The Balaban J connectivity index is 3.45. The molecule has 0 atom stereocenters. The third-order valence-electron chi connectivity index (χ3n) is 1.56. The number of aromatic hydroxyl groups is 1. The number of rotatable bonds is 1. The van der Waals surface area contributed by atoms with Crippen LogP contribution in [-0.2, 0) is 6.18 Å². The summed E-state index contributed by atoms with van der Waals surface area (Å²) >= 11 is 5.21. The summed E-state index contributed by atoms with van der Waals surface area (Å²) in [7, 11) is 0. The summed E-state index contributed by atoms with van der Waals surface area (Å²) in [5, 5.41) is 18.5. The maximum atomic E-state index is 12.2. The summed E-state index contributed by atoms with van der Waals surface area (Å²) in [5.41, 5.74) is -2.35. The molecule has 1 rings (SSSR count). The monoisotopic (exact) mass is 241 g/mol. The van der Waals surface area contributed by atoms with Crippen LogP contribution in [0.2, 0.25) is 5.02 Å². The Morgan fingerprint density at radius 1 is 1.40 bits per heavy atom. The number of halogens is 4. The van der Waals surface area contributed by atoms with Crippen molar-refractivity contribution in [3.63, 3.8) is 0 Å². The smallest absolute Gasteiger partial charge is 0.420 e. The Labute approximate surface area is 86.0 Å². The normalized spacial score (nSPS) is 11.5. The van der Waals surface area contributed by atoms with Gasteiger partial charge in [0.2, 0.25) is 0 Å². The summed E-state index contributed by atoms with van der Waals surface area (Å²) in [6.45, 7) is 0. The molecular weight excluding hydrogens is 239 g/mol. The fourth-order valence-corrected chi connectivity index (χ4v) is 1.12. The molecule has 0 spiro atoms. The van der Waals surface area contributed by atoms with Crippen molar-refractivity contribution >= 4 is 17.3 Å². The Morgan fingerprint density at radius 2 is 1.93 bits per heavy atom. The second-order valence-corrected chi connectivity index (χ2v) is 2.99. The number of alkyl halides is 3. The second-order valence-electron chi connectivity index (χ2n) is 2.58. The molecule has 0 unspecified atom stereocenters. The lowest BCUT2D eigenvalue weighted by atomic mass is 10.1. The highest BCUT2D eigenvalue weighted by atomic mass is 35.5. The predicted octanol–water partition coefficient (Wildman–Crippen LogP) is 2.97. The van der Waals surface area contributed by atoms with Crippen LogP contribution in [0.5, 0.6) is 5.75 Å². The molecule has 0 fully saturated rings. The molecule has 0 saturated carbocycles. The quantitative estimate of drug-likeness (QED) is 0.607. The molecule has 0 aliphatic carbocycles. The van der Waals surface area contributed by atoms with E-state index in [9.17, 15) is 23.3 Å². The SMILES string of the molecule is O=[N+]([O-])c1cc(Cl)c(O)c(C(F)(F)F)c1. The van der Waals surface area contributed by atoms with Crippen molar-refractivity contribution in [1.29, 1.82) is 0 Å². The zero-order valence-corrected chi connectivity index (χ0v) is 7.63. The number of hydrogen-bond donors (Lipinski definition) is 1. The van der Waals surface area contributed by atoms with Crippen LogP contribution in [0.4, 0.5) is 18.9 Å². The van der Waals surface area contributed by atoms with Crippen LogP contribution in [0.1, 0.15) is 5.56 Å². The van der Waals surface area contributed by atoms with Gasteiger partial charge in [0, 0.05) is 12.1 Å². The van der Waals surface area contributed by atoms with Crippen LogP contribution in [0.15, 0.2) is 12.1 Å². The van der Waals surface area contributed by atoms with Crippen LogP contribution >= 0.6 is 11.6 Å². The maximum absolute atomic E-state index is 12.2. The average Bonchev–Trinajstić information content (AvgIpc) is 2.06. The van der Waals surface area contributed by atoms with Crippen molar-refractivity contribution in [3.8, 4) is 5.75 Å². The largest absolute Gasteiger partial charge is 0.506 e. The number of benzene rings is 1. The predicted molar refractivity (Wildman–Crippen MR) is 44.8 cm³/mol. The molecule has 1 aromatic rings. The molecular formula is C7H3ClF3NO3. The minimum Gasteiger partial charge on any atom is -0.506 e. The topological polar surface area (TPSA) is 63.4 Å². The van der Waals surface area contributed by atoms with E-state index < -0.39 is 33.1 Å². The third kappa shape index (κ3) is 2.30. The summed E-state index contributed by atoms with van der Waals surface area (Å²) in [6, 6.07) is 0.868. The minimum absolute atomic E-state index is 0.223. The molecule has 1 N–H and O–H groups in total. The summed E-state index contributed by atoms with van der Waals surface area (Å²) in [5.74, 6) is -1.21. The molecule has 0 bridgehead atoms. The molecule has 0 aliphatic rings. The van der Waals surface area contributed by atoms with Gasteiger partial charge >= 0.3 is 6.18 Å². The van der Waals surface area contributed by atoms with Gasteiger partial charge < -0.3 is 5.11 Å². The van der Waals surface area contributed by atoms with Crippen LogP contribution in [0, 0.1) is 10.1 Å². The Bertz CT molecular complexity index is 419. The van der Waals surface area contributed by atoms with E-state index in [1.165, 1.54) is 0 Å². The number of nitro groups is 1. The Kier molecular flexibility index (Phi) is 2.76. The first kappa shape index (κ1) is 11.6. The first-order valence-corrected chi connectivity index (χ1v) is 3.85. The van der Waals surface area contributed by atoms with E-state index in [4.69, 9.17) is 16.7 Å². The highest BCUT2D eigenvalue weighted by molar-refractivity contribution is 6.32. The third-order valence-corrected chi connectivity index (χ3v) is 1.85. The van der Waals surface area contributed by atoms with Gasteiger partial charge in [0.05, 0.1) is 9.95 Å². The van der Waals surface area contributed by atoms with Gasteiger partial charge in [0.15, 0.2) is 0 Å². The molecule has 0 aromatic heterocycles. The summed E-state index contributed by atoms with van der Waals surface area (Å²) in [6.07, 6.45) is -4.89. The van der Waals surface area contributed by atoms with Gasteiger partial charge in [-0.15, -0.1) is 0 Å². The van der Waals surface area contributed by atoms with Crippen molar-refractivity contribution in [3.05, 3.63) is 32.8 Å². The average molecular weight is 242 g/mol. The van der Waals surface area contributed by atoms with Gasteiger partial charge in [-0.1, -0.05) is 11.6 Å². The van der Waals surface area contributed by atoms with Crippen LogP contribution in [-0.4, -0.2) is 10.0 Å². The van der Waals surface area contributed by atoms with Gasteiger partial charge in [-0.3, -0.25) is 10.1 Å². The highest BCUT2D eigenvalue weighted by Gasteiger charge is 2.36. The van der Waals surface area contributed by atoms with Gasteiger partial charge in [-0.2, -0.15) is 13.2 Å². The van der Waals surface area contributed by atoms with Crippen LogP contribution in [0.3, 0.4) is 0 Å². The second kappa shape index (κ2) is 3.58. The van der Waals surface area contributed by atoms with Crippen molar-refractivity contribution in [1.82, 2.24) is 0 Å². The summed E-state index contributed by atoms with van der Waals surface area (Å²) in [4.78, 5) is 9.21. The fraction of sp³-hybridized carbons (Fsp3) is 0.143. The number of nitro benzene ring substituents is 1. The molecule has 82 valence electrons. The zero-order chi connectivity index (χ0) is 11.8. The number of phenolic OH excluding ortho intramolecular Hbond substituents is 1. The van der Waals surface area contributed by atoms with E-state index in [0.717, 1.165) is 0 Å². The van der Waals surface area contributed by atoms with Crippen molar-refractivity contribution in [2.45, 2.75) is 6.18 Å². The lowest BCUT2D eigenvalue weighted by Gasteiger charge is -2.09. The van der Waals surface area contributed by atoms with Crippen LogP contribution < -0.4 is 0 Å². The fourth-order valence-electron chi connectivity index (χ4n) is 0.906. The molecule has 0 heterocycles. The van der Waals surface area contributed by atoms with E-state index in [0.29, 0.717) is 6.07 Å². The highest BCUT2D eigenvalue weighted by Crippen LogP contribution is 2.41. The van der Waals surface area contributed by atoms with Gasteiger partial charge in [0.1, 0.15) is 11.3 Å². The molecule has 0 radical (unpaired) electrons. The zero-order valence-electron chi connectivity index (χ0n) is 6.88. The first-order chi connectivity index (χ1) is 6.73.